The Balaban J connectivity index is 1.33. The van der Waals surface area contributed by atoms with Crippen molar-refractivity contribution in [3.05, 3.63) is 96.6 Å². The minimum absolute atomic E-state index is 0.142. The maximum Gasteiger partial charge on any atom is 0.264 e. The van der Waals surface area contributed by atoms with Crippen LogP contribution in [0.2, 0.25) is 0 Å². The molecule has 8 heteroatoms. The standard InChI is InChI=1S/C27H22N2O5S/c1-29(35(31,32)22-14-12-21(33-2)13-15-22)20-10-7-18(8-11-20)27(30)28-19-9-16-24-23-5-3-4-6-25(23)34-26(24)17-19/h3-17H,1-2H3,(H,28,30). The summed E-state index contributed by atoms with van der Waals surface area (Å²) >= 11 is 0. The van der Waals surface area contributed by atoms with Gasteiger partial charge in [0.2, 0.25) is 0 Å². The lowest BCUT2D eigenvalue weighted by Crippen LogP contribution is -2.26. The molecule has 0 spiro atoms. The van der Waals surface area contributed by atoms with Gasteiger partial charge in [-0.2, -0.15) is 0 Å². The van der Waals surface area contributed by atoms with Crippen molar-refractivity contribution in [1.82, 2.24) is 0 Å². The molecule has 0 aliphatic rings. The largest absolute Gasteiger partial charge is 0.497 e. The monoisotopic (exact) mass is 486 g/mol. The molecule has 5 aromatic rings. The summed E-state index contributed by atoms with van der Waals surface area (Å²) in [6.07, 6.45) is 0. The predicted octanol–water partition coefficient (Wildman–Crippen LogP) is 5.67. The minimum atomic E-state index is -3.76. The molecule has 0 atom stereocenters. The van der Waals surface area contributed by atoms with Crippen molar-refractivity contribution in [2.75, 3.05) is 23.8 Å². The second kappa shape index (κ2) is 8.81. The van der Waals surface area contributed by atoms with Gasteiger partial charge in [0.1, 0.15) is 16.9 Å². The first-order valence-electron chi connectivity index (χ1n) is 10.8. The van der Waals surface area contributed by atoms with Crippen LogP contribution < -0.4 is 14.4 Å². The average molecular weight is 487 g/mol. The fourth-order valence-corrected chi connectivity index (χ4v) is 5.07. The normalized spacial score (nSPS) is 11.5. The second-order valence-electron chi connectivity index (χ2n) is 7.96. The molecule has 5 rings (SSSR count). The van der Waals surface area contributed by atoms with Gasteiger partial charge in [0.05, 0.1) is 17.7 Å². The van der Waals surface area contributed by atoms with E-state index in [1.54, 1.807) is 42.5 Å². The molecule has 0 radical (unpaired) electrons. The maximum absolute atomic E-state index is 13.0. The van der Waals surface area contributed by atoms with Gasteiger partial charge in [-0.25, -0.2) is 8.42 Å². The van der Waals surface area contributed by atoms with Crippen molar-refractivity contribution in [3.8, 4) is 5.75 Å². The van der Waals surface area contributed by atoms with Gasteiger partial charge in [0.15, 0.2) is 0 Å². The van der Waals surface area contributed by atoms with Crippen LogP contribution in [0.3, 0.4) is 0 Å². The van der Waals surface area contributed by atoms with E-state index >= 15 is 0 Å². The van der Waals surface area contributed by atoms with Crippen LogP contribution in [-0.2, 0) is 10.0 Å². The number of nitrogens with one attached hydrogen (secondary N) is 1. The number of fused-ring (bicyclic) bond motifs is 3. The maximum atomic E-state index is 13.0. The summed E-state index contributed by atoms with van der Waals surface area (Å²) in [7, 11) is -0.776. The van der Waals surface area contributed by atoms with Crippen molar-refractivity contribution in [2.45, 2.75) is 4.90 Å². The molecule has 1 N–H and O–H groups in total. The van der Waals surface area contributed by atoms with Crippen LogP contribution in [0, 0.1) is 0 Å². The van der Waals surface area contributed by atoms with Gasteiger partial charge in [-0.05, 0) is 66.7 Å². The predicted molar refractivity (Wildman–Crippen MR) is 137 cm³/mol. The minimum Gasteiger partial charge on any atom is -0.497 e. The molecule has 1 heterocycles. The number of ether oxygens (including phenoxy) is 1. The highest BCUT2D eigenvalue weighted by Crippen LogP contribution is 2.30. The van der Waals surface area contributed by atoms with Crippen molar-refractivity contribution in [3.63, 3.8) is 0 Å². The number of anilines is 2. The summed E-state index contributed by atoms with van der Waals surface area (Å²) in [5.74, 6) is 0.258. The zero-order valence-corrected chi connectivity index (χ0v) is 19.9. The lowest BCUT2D eigenvalue weighted by atomic mass is 10.1. The highest BCUT2D eigenvalue weighted by atomic mass is 32.2. The van der Waals surface area contributed by atoms with Crippen LogP contribution in [0.15, 0.2) is 100 Å². The molecule has 0 aliphatic heterocycles. The average Bonchev–Trinajstić information content (AvgIpc) is 3.26. The van der Waals surface area contributed by atoms with Crippen molar-refractivity contribution in [1.29, 1.82) is 0 Å². The van der Waals surface area contributed by atoms with Gasteiger partial charge >= 0.3 is 0 Å². The number of nitrogens with zero attached hydrogens (tertiary/aromatic N) is 1. The zero-order valence-electron chi connectivity index (χ0n) is 19.1. The number of hydrogen-bond donors (Lipinski definition) is 1. The van der Waals surface area contributed by atoms with Crippen LogP contribution >= 0.6 is 0 Å². The summed E-state index contributed by atoms with van der Waals surface area (Å²) < 4.78 is 38.1. The van der Waals surface area contributed by atoms with E-state index in [1.165, 1.54) is 30.6 Å². The molecule has 0 aliphatic carbocycles. The van der Waals surface area contributed by atoms with Gasteiger partial charge in [-0.3, -0.25) is 9.10 Å². The second-order valence-corrected chi connectivity index (χ2v) is 9.93. The Labute approximate surface area is 202 Å². The Hall–Kier alpha value is -4.30. The zero-order chi connectivity index (χ0) is 24.6. The summed E-state index contributed by atoms with van der Waals surface area (Å²) in [5, 5.41) is 4.86. The molecular formula is C27H22N2O5S. The van der Waals surface area contributed by atoms with Gasteiger partial charge in [0, 0.05) is 35.1 Å². The molecular weight excluding hydrogens is 464 g/mol. The first-order chi connectivity index (χ1) is 16.9. The van der Waals surface area contributed by atoms with E-state index in [2.05, 4.69) is 5.32 Å². The van der Waals surface area contributed by atoms with Crippen LogP contribution in [0.25, 0.3) is 21.9 Å². The highest BCUT2D eigenvalue weighted by molar-refractivity contribution is 7.92. The number of carbonyl (C=O) groups excluding carboxylic acids is 1. The molecule has 0 fully saturated rings. The Morgan fingerprint density at radius 3 is 2.26 bits per heavy atom. The van der Waals surface area contributed by atoms with Crippen LogP contribution in [0.5, 0.6) is 5.75 Å². The lowest BCUT2D eigenvalue weighted by Gasteiger charge is -2.20. The summed E-state index contributed by atoms with van der Waals surface area (Å²) in [6.45, 7) is 0. The molecule has 0 saturated carbocycles. The third-order valence-electron chi connectivity index (χ3n) is 5.85. The Bertz CT molecular complexity index is 1640. The van der Waals surface area contributed by atoms with E-state index in [0.29, 0.717) is 28.3 Å². The first kappa shape index (κ1) is 22.5. The summed E-state index contributed by atoms with van der Waals surface area (Å²) in [4.78, 5) is 12.9. The van der Waals surface area contributed by atoms with E-state index < -0.39 is 10.0 Å². The SMILES string of the molecule is COc1ccc(S(=O)(=O)N(C)c2ccc(C(=O)Nc3ccc4c(c3)oc3ccccc34)cc2)cc1. The molecule has 176 valence electrons. The number of furan rings is 1. The smallest absolute Gasteiger partial charge is 0.264 e. The quantitative estimate of drug-likeness (QED) is 0.334. The molecule has 4 aromatic carbocycles. The molecule has 1 aromatic heterocycles. The molecule has 0 unspecified atom stereocenters. The third kappa shape index (κ3) is 4.20. The van der Waals surface area contributed by atoms with Crippen LogP contribution in [-0.4, -0.2) is 28.5 Å². The van der Waals surface area contributed by atoms with Gasteiger partial charge in [-0.1, -0.05) is 18.2 Å². The van der Waals surface area contributed by atoms with Gasteiger partial charge in [0.25, 0.3) is 15.9 Å². The molecule has 1 amide bonds. The third-order valence-corrected chi connectivity index (χ3v) is 7.65. The molecule has 0 saturated heterocycles. The first-order valence-corrected chi connectivity index (χ1v) is 12.3. The summed E-state index contributed by atoms with van der Waals surface area (Å²) in [6, 6.07) is 25.8. The Morgan fingerprint density at radius 1 is 0.857 bits per heavy atom. The number of amides is 1. The number of rotatable bonds is 6. The fraction of sp³-hybridized carbons (Fsp3) is 0.0741. The number of para-hydroxylation sites is 1. The van der Waals surface area contributed by atoms with Crippen LogP contribution in [0.4, 0.5) is 11.4 Å². The highest BCUT2D eigenvalue weighted by Gasteiger charge is 2.21. The number of hydrogen-bond acceptors (Lipinski definition) is 5. The number of methoxy groups -OCH3 is 1. The van der Waals surface area contributed by atoms with E-state index in [9.17, 15) is 13.2 Å². The van der Waals surface area contributed by atoms with Crippen molar-refractivity contribution >= 4 is 49.2 Å². The number of sulfonamides is 1. The topological polar surface area (TPSA) is 88.9 Å². The molecule has 0 bridgehead atoms. The Morgan fingerprint density at radius 2 is 1.54 bits per heavy atom. The fourth-order valence-electron chi connectivity index (χ4n) is 3.87. The molecule has 35 heavy (non-hydrogen) atoms. The van der Waals surface area contributed by atoms with E-state index in [1.807, 2.05) is 36.4 Å². The van der Waals surface area contributed by atoms with E-state index in [-0.39, 0.29) is 10.8 Å². The lowest BCUT2D eigenvalue weighted by molar-refractivity contribution is 0.102. The molecule has 7 nitrogen and oxygen atoms in total. The Kier molecular flexibility index (Phi) is 5.66. The van der Waals surface area contributed by atoms with E-state index in [0.717, 1.165) is 16.4 Å². The summed E-state index contributed by atoms with van der Waals surface area (Å²) in [5.41, 5.74) is 2.90. The van der Waals surface area contributed by atoms with Gasteiger partial charge in [-0.15, -0.1) is 0 Å². The van der Waals surface area contributed by atoms with Crippen molar-refractivity contribution < 1.29 is 22.4 Å². The van der Waals surface area contributed by atoms with Gasteiger partial charge < -0.3 is 14.5 Å². The van der Waals surface area contributed by atoms with Crippen molar-refractivity contribution in [2.24, 2.45) is 0 Å². The number of benzene rings is 4. The van der Waals surface area contributed by atoms with Crippen LogP contribution in [0.1, 0.15) is 10.4 Å². The number of carbonyl (C=O) groups is 1. The van der Waals surface area contributed by atoms with E-state index in [4.69, 9.17) is 9.15 Å².